The number of carboxylic acid groups (broad SMARTS) is 1. The van der Waals surface area contributed by atoms with Crippen LogP contribution in [0.25, 0.3) is 0 Å². The van der Waals surface area contributed by atoms with Crippen molar-refractivity contribution in [3.8, 4) is 0 Å². The molecule has 0 spiro atoms. The SMILES string of the molecule is C[C@H](NC(=O)c1cc(S(=O)(=O)N2CCSCC2)c[nH]1)C(=O)O. The van der Waals surface area contributed by atoms with E-state index in [1.54, 1.807) is 11.8 Å². The number of aromatic amines is 1. The highest BCUT2D eigenvalue weighted by Gasteiger charge is 2.28. The third kappa shape index (κ3) is 3.62. The molecule has 10 heteroatoms. The molecule has 1 aliphatic rings. The van der Waals surface area contributed by atoms with Gasteiger partial charge >= 0.3 is 5.97 Å². The van der Waals surface area contributed by atoms with Crippen molar-refractivity contribution in [3.63, 3.8) is 0 Å². The molecule has 0 unspecified atom stereocenters. The maximum absolute atomic E-state index is 12.4. The van der Waals surface area contributed by atoms with E-state index < -0.39 is 27.9 Å². The molecule has 3 N–H and O–H groups in total. The second-order valence-corrected chi connectivity index (χ2v) is 7.96. The van der Waals surface area contributed by atoms with E-state index in [1.807, 2.05) is 0 Å². The number of carbonyl (C=O) groups excluding carboxylic acids is 1. The van der Waals surface area contributed by atoms with Crippen LogP contribution in [-0.2, 0) is 14.8 Å². The molecule has 0 radical (unpaired) electrons. The van der Waals surface area contributed by atoms with E-state index in [1.165, 1.54) is 23.5 Å². The van der Waals surface area contributed by atoms with Gasteiger partial charge in [0.2, 0.25) is 10.0 Å². The summed E-state index contributed by atoms with van der Waals surface area (Å²) in [6.45, 7) is 2.21. The Bertz CT molecular complexity index is 664. The van der Waals surface area contributed by atoms with Crippen molar-refractivity contribution in [1.82, 2.24) is 14.6 Å². The van der Waals surface area contributed by atoms with E-state index in [0.717, 1.165) is 11.5 Å². The van der Waals surface area contributed by atoms with E-state index in [-0.39, 0.29) is 10.6 Å². The predicted octanol–water partition coefficient (Wildman–Crippen LogP) is -0.0449. The largest absolute Gasteiger partial charge is 0.480 e. The lowest BCUT2D eigenvalue weighted by atomic mass is 10.3. The lowest BCUT2D eigenvalue weighted by Crippen LogP contribution is -2.38. The number of rotatable bonds is 5. The van der Waals surface area contributed by atoms with E-state index in [4.69, 9.17) is 5.11 Å². The summed E-state index contributed by atoms with van der Waals surface area (Å²) >= 11 is 1.70. The van der Waals surface area contributed by atoms with E-state index in [0.29, 0.717) is 13.1 Å². The third-order valence-corrected chi connectivity index (χ3v) is 6.05. The van der Waals surface area contributed by atoms with E-state index >= 15 is 0 Å². The number of amides is 1. The van der Waals surface area contributed by atoms with Crippen LogP contribution in [0.1, 0.15) is 17.4 Å². The van der Waals surface area contributed by atoms with Crippen LogP contribution < -0.4 is 5.32 Å². The summed E-state index contributed by atoms with van der Waals surface area (Å²) in [5, 5.41) is 11.0. The van der Waals surface area contributed by atoms with Crippen LogP contribution in [0.3, 0.4) is 0 Å². The van der Waals surface area contributed by atoms with Crippen molar-refractivity contribution < 1.29 is 23.1 Å². The minimum Gasteiger partial charge on any atom is -0.480 e. The fraction of sp³-hybridized carbons (Fsp3) is 0.500. The first-order chi connectivity index (χ1) is 10.3. The van der Waals surface area contributed by atoms with Gasteiger partial charge in [-0.25, -0.2) is 8.42 Å². The van der Waals surface area contributed by atoms with Gasteiger partial charge in [0.25, 0.3) is 5.91 Å². The molecule has 1 aromatic heterocycles. The summed E-state index contributed by atoms with van der Waals surface area (Å²) in [7, 11) is -3.63. The van der Waals surface area contributed by atoms with Gasteiger partial charge in [-0.3, -0.25) is 9.59 Å². The van der Waals surface area contributed by atoms with Crippen molar-refractivity contribution in [1.29, 1.82) is 0 Å². The highest BCUT2D eigenvalue weighted by atomic mass is 32.2. The van der Waals surface area contributed by atoms with Gasteiger partial charge in [0.05, 0.1) is 0 Å². The summed E-state index contributed by atoms with van der Waals surface area (Å²) < 4.78 is 26.2. The smallest absolute Gasteiger partial charge is 0.325 e. The fourth-order valence-corrected chi connectivity index (χ4v) is 4.50. The number of hydrogen-bond donors (Lipinski definition) is 3. The number of H-pyrrole nitrogens is 1. The summed E-state index contributed by atoms with van der Waals surface area (Å²) in [6.07, 6.45) is 1.25. The molecule has 1 saturated heterocycles. The minimum absolute atomic E-state index is 0.00697. The molecular formula is C12H17N3O5S2. The van der Waals surface area contributed by atoms with Gasteiger partial charge in [-0.05, 0) is 13.0 Å². The quantitative estimate of drug-likeness (QED) is 0.687. The highest BCUT2D eigenvalue weighted by molar-refractivity contribution is 7.99. The first-order valence-electron chi connectivity index (χ1n) is 6.62. The molecule has 22 heavy (non-hydrogen) atoms. The zero-order valence-electron chi connectivity index (χ0n) is 11.9. The van der Waals surface area contributed by atoms with Gasteiger partial charge in [-0.15, -0.1) is 0 Å². The Morgan fingerprint density at radius 1 is 1.41 bits per heavy atom. The maximum Gasteiger partial charge on any atom is 0.325 e. The van der Waals surface area contributed by atoms with Crippen molar-refractivity contribution in [2.75, 3.05) is 24.6 Å². The molecule has 2 rings (SSSR count). The van der Waals surface area contributed by atoms with Gasteiger partial charge in [-0.1, -0.05) is 0 Å². The number of nitrogens with zero attached hydrogens (tertiary/aromatic N) is 1. The maximum atomic E-state index is 12.4. The Morgan fingerprint density at radius 2 is 2.05 bits per heavy atom. The molecule has 2 heterocycles. The molecule has 0 bridgehead atoms. The van der Waals surface area contributed by atoms with Gasteiger partial charge in [0, 0.05) is 30.8 Å². The molecule has 122 valence electrons. The second kappa shape index (κ2) is 6.71. The number of carbonyl (C=O) groups is 2. The van der Waals surface area contributed by atoms with E-state index in [2.05, 4.69) is 10.3 Å². The molecule has 0 aromatic carbocycles. The number of hydrogen-bond acceptors (Lipinski definition) is 5. The summed E-state index contributed by atoms with van der Waals surface area (Å²) in [6, 6.07) is 0.163. The number of nitrogens with one attached hydrogen (secondary N) is 2. The van der Waals surface area contributed by atoms with Crippen LogP contribution in [0.15, 0.2) is 17.2 Å². The van der Waals surface area contributed by atoms with Crippen molar-refractivity contribution >= 4 is 33.7 Å². The molecule has 1 aromatic rings. The van der Waals surface area contributed by atoms with Crippen LogP contribution >= 0.6 is 11.8 Å². The van der Waals surface area contributed by atoms with Gasteiger partial charge in [0.15, 0.2) is 0 Å². The fourth-order valence-electron chi connectivity index (χ4n) is 1.93. The van der Waals surface area contributed by atoms with Crippen LogP contribution in [0.4, 0.5) is 0 Å². The highest BCUT2D eigenvalue weighted by Crippen LogP contribution is 2.20. The topological polar surface area (TPSA) is 120 Å². The van der Waals surface area contributed by atoms with Gasteiger partial charge in [0.1, 0.15) is 16.6 Å². The second-order valence-electron chi connectivity index (χ2n) is 4.80. The standard InChI is InChI=1S/C12H17N3O5S2/c1-8(12(17)18)14-11(16)10-6-9(7-13-10)22(19,20)15-2-4-21-5-3-15/h6-8,13H,2-5H2,1H3,(H,14,16)(H,17,18)/t8-/m0/s1. The Labute approximate surface area is 132 Å². The third-order valence-electron chi connectivity index (χ3n) is 3.23. The van der Waals surface area contributed by atoms with Crippen molar-refractivity contribution in [2.45, 2.75) is 17.9 Å². The van der Waals surface area contributed by atoms with Crippen molar-refractivity contribution in [2.24, 2.45) is 0 Å². The summed E-state index contributed by atoms with van der Waals surface area (Å²) in [5.74, 6) is -0.343. The lowest BCUT2D eigenvalue weighted by molar-refractivity contribution is -0.138. The Kier molecular flexibility index (Phi) is 5.14. The molecule has 0 aliphatic carbocycles. The lowest BCUT2D eigenvalue weighted by Gasteiger charge is -2.24. The number of thioether (sulfide) groups is 1. The first kappa shape index (κ1) is 16.8. The predicted molar refractivity (Wildman–Crippen MR) is 81.4 cm³/mol. The molecule has 0 saturated carbocycles. The zero-order valence-corrected chi connectivity index (χ0v) is 13.5. The van der Waals surface area contributed by atoms with Gasteiger partial charge in [-0.2, -0.15) is 16.1 Å². The minimum atomic E-state index is -3.63. The van der Waals surface area contributed by atoms with Crippen LogP contribution in [0.2, 0.25) is 0 Å². The van der Waals surface area contributed by atoms with Crippen LogP contribution in [0.5, 0.6) is 0 Å². The average molecular weight is 347 g/mol. The van der Waals surface area contributed by atoms with Gasteiger partial charge < -0.3 is 15.4 Å². The number of aromatic nitrogens is 1. The average Bonchev–Trinajstić information content (AvgIpc) is 2.98. The van der Waals surface area contributed by atoms with E-state index in [9.17, 15) is 18.0 Å². The Balaban J connectivity index is 2.13. The summed E-state index contributed by atoms with van der Waals surface area (Å²) in [5.41, 5.74) is 0.0121. The zero-order chi connectivity index (χ0) is 16.3. The number of aliphatic carboxylic acids is 1. The monoisotopic (exact) mass is 347 g/mol. The molecule has 1 amide bonds. The Hall–Kier alpha value is -1.52. The van der Waals surface area contributed by atoms with Crippen LogP contribution in [0, 0.1) is 0 Å². The molecule has 8 nitrogen and oxygen atoms in total. The van der Waals surface area contributed by atoms with Crippen molar-refractivity contribution in [3.05, 3.63) is 18.0 Å². The molecular weight excluding hydrogens is 330 g/mol. The van der Waals surface area contributed by atoms with Crippen LogP contribution in [-0.4, -0.2) is 65.3 Å². The normalized spacial score (nSPS) is 17.9. The summed E-state index contributed by atoms with van der Waals surface area (Å²) in [4.78, 5) is 25.2. The molecule has 1 atom stereocenters. The Morgan fingerprint density at radius 3 is 2.64 bits per heavy atom. The number of sulfonamides is 1. The number of carboxylic acids is 1. The molecule has 1 aliphatic heterocycles. The first-order valence-corrected chi connectivity index (χ1v) is 9.22. The molecule has 1 fully saturated rings.